The average molecular weight is 1160 g/mol. The number of aryl methyl sites for hydroxylation is 1. The van der Waals surface area contributed by atoms with Crippen LogP contribution in [0.15, 0.2) is 64.9 Å². The molecule has 13 heteroatoms. The number of furan rings is 1. The number of cyclic esters (lactones) is 1. The highest BCUT2D eigenvalue weighted by molar-refractivity contribution is 5.94. The zero-order valence-corrected chi connectivity index (χ0v) is 49.5. The summed E-state index contributed by atoms with van der Waals surface area (Å²) in [6.07, 6.45) is 23.8. The summed E-state index contributed by atoms with van der Waals surface area (Å²) in [7, 11) is 0. The highest BCUT2D eigenvalue weighted by atomic mass is 16.7. The summed E-state index contributed by atoms with van der Waals surface area (Å²) in [6.45, 7) is 3.85. The molecule has 10 aliphatic carbocycles. The van der Waals surface area contributed by atoms with E-state index in [9.17, 15) is 15.3 Å². The van der Waals surface area contributed by atoms with Gasteiger partial charge in [-0.1, -0.05) is 86.9 Å². The van der Waals surface area contributed by atoms with Gasteiger partial charge >= 0.3 is 11.9 Å². The molecule has 1 aromatic carbocycles. The van der Waals surface area contributed by atoms with Crippen molar-refractivity contribution in [2.24, 2.45) is 105 Å². The van der Waals surface area contributed by atoms with Crippen molar-refractivity contribution >= 4 is 17.7 Å². The smallest absolute Gasteiger partial charge is 0.339 e. The largest absolute Gasteiger partial charge is 0.469 e. The normalized spacial score (nSPS) is 51.8. The second kappa shape index (κ2) is 17.6. The summed E-state index contributed by atoms with van der Waals surface area (Å²) in [6, 6.07) is 11.2. The van der Waals surface area contributed by atoms with E-state index in [0.717, 1.165) is 127 Å². The minimum atomic E-state index is -1.54. The predicted octanol–water partition coefficient (Wildman–Crippen LogP) is 8.69. The number of esters is 2. The molecule has 13 fully saturated rings. The molecule has 13 nitrogen and oxygen atoms in total. The van der Waals surface area contributed by atoms with Crippen LogP contribution in [-0.4, -0.2) is 106 Å². The molecule has 17 aliphatic rings. The van der Waals surface area contributed by atoms with Crippen LogP contribution in [0, 0.1) is 116 Å². The number of hydrogen-bond acceptors (Lipinski definition) is 13. The van der Waals surface area contributed by atoms with E-state index >= 15 is 14.4 Å². The quantitative estimate of drug-likeness (QED) is 0.0855. The molecule has 7 aliphatic heterocycles. The summed E-state index contributed by atoms with van der Waals surface area (Å²) >= 11 is 0. The van der Waals surface area contributed by atoms with Crippen LogP contribution < -0.4 is 5.32 Å². The maximum absolute atomic E-state index is 17.6. The number of epoxide rings is 1. The van der Waals surface area contributed by atoms with Gasteiger partial charge in [0, 0.05) is 41.3 Å². The van der Waals surface area contributed by atoms with Crippen LogP contribution in [0.4, 0.5) is 0 Å². The van der Waals surface area contributed by atoms with Gasteiger partial charge in [-0.05, 0) is 197 Å². The molecule has 85 heavy (non-hydrogen) atoms. The first kappa shape index (κ1) is 52.6. The van der Waals surface area contributed by atoms with Gasteiger partial charge in [0.05, 0.1) is 54.4 Å². The van der Waals surface area contributed by atoms with E-state index in [2.05, 4.69) is 77.7 Å². The van der Waals surface area contributed by atoms with E-state index in [1.54, 1.807) is 0 Å². The van der Waals surface area contributed by atoms with Crippen molar-refractivity contribution in [2.45, 2.75) is 195 Å². The van der Waals surface area contributed by atoms with Gasteiger partial charge in [-0.25, -0.2) is 4.79 Å². The Morgan fingerprint density at radius 3 is 2.62 bits per heavy atom. The first-order valence-electron chi connectivity index (χ1n) is 34.1. The van der Waals surface area contributed by atoms with Crippen molar-refractivity contribution in [3.8, 4) is 11.8 Å². The fourth-order valence-electron chi connectivity index (χ4n) is 27.2. The van der Waals surface area contributed by atoms with Crippen LogP contribution >= 0.6 is 0 Å². The maximum Gasteiger partial charge on any atom is 0.339 e. The number of benzene rings is 1. The van der Waals surface area contributed by atoms with E-state index < -0.39 is 92.0 Å². The molecule has 19 rings (SSSR count). The highest BCUT2D eigenvalue weighted by Crippen LogP contribution is 2.91. The molecule has 25 atom stereocenters. The van der Waals surface area contributed by atoms with Gasteiger partial charge in [0.1, 0.15) is 29.7 Å². The molecule has 450 valence electrons. The molecule has 1 aromatic heterocycles. The number of ketones is 1. The van der Waals surface area contributed by atoms with Gasteiger partial charge in [-0.15, -0.1) is 0 Å². The van der Waals surface area contributed by atoms with Crippen molar-refractivity contribution in [1.82, 2.24) is 10.2 Å². The molecular weight excluding hydrogens is 1070 g/mol. The highest BCUT2D eigenvalue weighted by Gasteiger charge is 3.00. The van der Waals surface area contributed by atoms with E-state index in [0.29, 0.717) is 62.2 Å². The molecule has 25 unspecified atom stereocenters. The molecule has 8 saturated carbocycles. The summed E-state index contributed by atoms with van der Waals surface area (Å²) < 4.78 is 38.0. The van der Waals surface area contributed by atoms with Crippen LogP contribution in [0.2, 0.25) is 0 Å². The van der Waals surface area contributed by atoms with E-state index in [4.69, 9.17) is 23.4 Å². The third-order valence-corrected chi connectivity index (χ3v) is 29.6. The minimum absolute atomic E-state index is 0.0477. The number of hydrogen-bond donors (Lipinski definition) is 4. The van der Waals surface area contributed by atoms with Crippen LogP contribution in [0.25, 0.3) is 0 Å². The molecule has 0 radical (unpaired) electrons. The summed E-state index contributed by atoms with van der Waals surface area (Å²) in [5.74, 6) is 6.05. The predicted molar refractivity (Wildman–Crippen MR) is 309 cm³/mol. The SMILES string of the molecule is CC12CC3CC45CCCC4CC4=CCC6(C7CCCCC7)OC47C5C(=O)OCC74C6C(=O)C(O)C5(C6CC(Cc7ccccc7)CCC6C#CC6CCc7coc(CC(C(O)CO)C8CCC9C(C=CN%10CNCC9%10)C8)c7C61OC(=O)C1OC152)C34. The van der Waals surface area contributed by atoms with E-state index in [1.807, 2.05) is 6.26 Å². The third kappa shape index (κ3) is 5.94. The molecule has 0 amide bonds. The van der Waals surface area contributed by atoms with Crippen molar-refractivity contribution < 1.29 is 53.1 Å². The lowest BCUT2D eigenvalue weighted by atomic mass is 9.28. The van der Waals surface area contributed by atoms with E-state index in [1.165, 1.54) is 11.1 Å². The number of nitrogens with zero attached hydrogens (tertiary/aromatic N) is 1. The van der Waals surface area contributed by atoms with Crippen molar-refractivity contribution in [1.29, 1.82) is 0 Å². The Bertz CT molecular complexity index is 3340. The fourth-order valence-corrected chi connectivity index (χ4v) is 27.2. The molecule has 8 heterocycles. The monoisotopic (exact) mass is 1150 g/mol. The Morgan fingerprint density at radius 1 is 0.906 bits per heavy atom. The van der Waals surface area contributed by atoms with Crippen LogP contribution in [0.5, 0.6) is 0 Å². The van der Waals surface area contributed by atoms with Crippen LogP contribution in [0.1, 0.15) is 151 Å². The average Bonchev–Trinajstić information content (AvgIpc) is 1.40. The number of rotatable bonds is 8. The van der Waals surface area contributed by atoms with Crippen molar-refractivity contribution in [3.05, 3.63) is 83.0 Å². The van der Waals surface area contributed by atoms with Gasteiger partial charge in [0.15, 0.2) is 17.5 Å². The first-order chi connectivity index (χ1) is 41.3. The fraction of sp³-hybridized carbons (Fsp3) is 0.736. The summed E-state index contributed by atoms with van der Waals surface area (Å²) in [5, 5.41) is 41.9. The molecule has 5 saturated heterocycles. The van der Waals surface area contributed by atoms with Gasteiger partial charge in [0.25, 0.3) is 0 Å². The Morgan fingerprint density at radius 2 is 1.76 bits per heavy atom. The van der Waals surface area contributed by atoms with Crippen LogP contribution in [0.3, 0.4) is 0 Å². The molecule has 4 N–H and O–H groups in total. The first-order valence-corrected chi connectivity index (χ1v) is 34.1. The molecule has 6 spiro atoms. The number of carbonyl (C=O) groups excluding carboxylic acids is 3. The Kier molecular flexibility index (Phi) is 10.9. The lowest BCUT2D eigenvalue weighted by Gasteiger charge is -2.74. The molecule has 2 aromatic rings. The van der Waals surface area contributed by atoms with Gasteiger partial charge in [-0.3, -0.25) is 14.9 Å². The minimum Gasteiger partial charge on any atom is -0.469 e. The molecule has 9 bridgehead atoms. The number of nitrogens with one attached hydrogen (secondary N) is 1. The van der Waals surface area contributed by atoms with Crippen molar-refractivity contribution in [3.63, 3.8) is 0 Å². The second-order valence-electron chi connectivity index (χ2n) is 31.8. The summed E-state index contributed by atoms with van der Waals surface area (Å²) in [4.78, 5) is 52.2. The van der Waals surface area contributed by atoms with Crippen LogP contribution in [-0.2, 0) is 58.2 Å². The summed E-state index contributed by atoms with van der Waals surface area (Å²) in [5.41, 5.74) is -4.66. The number of Topliss-reactive ketones (excluding diaryl/α,β-unsaturated/α-hetero) is 1. The lowest BCUT2D eigenvalue weighted by Crippen LogP contribution is -2.84. The topological polar surface area (TPSA) is 181 Å². The third-order valence-electron chi connectivity index (χ3n) is 29.6. The lowest BCUT2D eigenvalue weighted by molar-refractivity contribution is -0.320. The Labute approximate surface area is 499 Å². The van der Waals surface area contributed by atoms with Gasteiger partial charge < -0.3 is 43.6 Å². The number of aliphatic hydroxyl groups is 3. The van der Waals surface area contributed by atoms with Gasteiger partial charge in [0.2, 0.25) is 0 Å². The Hall–Kier alpha value is -4.29. The second-order valence-corrected chi connectivity index (χ2v) is 31.8. The zero-order chi connectivity index (χ0) is 57.0. The Balaban J connectivity index is 0.850. The zero-order valence-electron chi connectivity index (χ0n) is 49.5. The number of aliphatic hydroxyl groups excluding tert-OH is 3. The number of allylic oxidation sites excluding steroid dienone is 1. The molecular formula is C72H86N2O11. The number of carbonyl (C=O) groups is 3. The maximum atomic E-state index is 17.6. The van der Waals surface area contributed by atoms with Gasteiger partial charge in [-0.2, -0.15) is 0 Å². The number of fused-ring (bicyclic) bond motifs is 7. The number of ether oxygens (including phenoxy) is 4. The van der Waals surface area contributed by atoms with E-state index in [-0.39, 0.29) is 72.3 Å². The van der Waals surface area contributed by atoms with Crippen molar-refractivity contribution in [2.75, 3.05) is 26.4 Å². The standard InChI is InChI=1S/C72H86N2O11/c1-65-32-45-33-66-24-8-13-48(66)30-49-22-25-68(46-11-6-3-7-12-46)59-57(77)61(78)69(58(45)67(59)37-82-63(79)60(66)71(49,67)85-68)52-28-40(27-39-9-4-2-5-10-39)14-15-41(52)16-19-47-20-17-44-36-81-55(56(44)70(47,65)84-64(80)62-72(65,69)83-62)31-51(54(76)35-75)42-18-21-50-43(29-42)23-26-74-38-73-34-53(50)74/h2,4-5,9-10,22-23,26,36,40-43,45-48,50-54,58-62,73,75-76,78H,3,6-8,11-15,17-18,20-21,24-25,27-35,37-38H2,1H3.